The van der Waals surface area contributed by atoms with Crippen LogP contribution in [0.3, 0.4) is 0 Å². The number of hydrogen-bond acceptors (Lipinski definition) is 5. The highest BCUT2D eigenvalue weighted by Gasteiger charge is 2.38. The lowest BCUT2D eigenvalue weighted by atomic mass is 10.0. The molecule has 166 valence electrons. The smallest absolute Gasteiger partial charge is 0.326 e. The first-order valence-corrected chi connectivity index (χ1v) is 10.3. The average molecular weight is 423 g/mol. The second kappa shape index (κ2) is 11.6. The molecule has 1 heterocycles. The zero-order chi connectivity index (χ0) is 22.1. The van der Waals surface area contributed by atoms with E-state index < -0.39 is 30.1 Å². The van der Waals surface area contributed by atoms with Crippen LogP contribution in [0, 0.1) is 5.82 Å². The average Bonchev–Trinajstić information content (AvgIpc) is 3.20. The third kappa shape index (κ3) is 6.77. The first-order valence-electron chi connectivity index (χ1n) is 10.3. The van der Waals surface area contributed by atoms with Gasteiger partial charge in [-0.05, 0) is 62.8 Å². The summed E-state index contributed by atoms with van der Waals surface area (Å²) in [6.07, 6.45) is 3.28. The number of likely N-dealkylation sites (tertiary alicyclic amines) is 1. The van der Waals surface area contributed by atoms with Gasteiger partial charge in [0, 0.05) is 6.54 Å². The molecule has 1 aliphatic heterocycles. The zero-order valence-electron chi connectivity index (χ0n) is 16.9. The Morgan fingerprint density at radius 2 is 1.83 bits per heavy atom. The van der Waals surface area contributed by atoms with Gasteiger partial charge in [0.05, 0.1) is 6.04 Å². The molecule has 1 amide bonds. The van der Waals surface area contributed by atoms with E-state index in [0.717, 1.165) is 5.56 Å². The Balaban J connectivity index is 2.08. The predicted octanol–water partition coefficient (Wildman–Crippen LogP) is 1.37. The van der Waals surface area contributed by atoms with Crippen LogP contribution >= 0.6 is 0 Å². The van der Waals surface area contributed by atoms with Crippen LogP contribution in [0.5, 0.6) is 0 Å². The molecule has 0 bridgehead atoms. The molecule has 9 heteroatoms. The number of carbonyl (C=O) groups is 3. The van der Waals surface area contributed by atoms with E-state index in [1.165, 1.54) is 17.0 Å². The maximum absolute atomic E-state index is 13.1. The Morgan fingerprint density at radius 3 is 2.43 bits per heavy atom. The Morgan fingerprint density at radius 1 is 1.13 bits per heavy atom. The molecule has 2 rings (SSSR count). The summed E-state index contributed by atoms with van der Waals surface area (Å²) in [5.41, 5.74) is 6.33. The van der Waals surface area contributed by atoms with Gasteiger partial charge >= 0.3 is 11.9 Å². The number of amides is 1. The van der Waals surface area contributed by atoms with Crippen molar-refractivity contribution in [3.05, 3.63) is 35.6 Å². The second-order valence-corrected chi connectivity index (χ2v) is 7.59. The summed E-state index contributed by atoms with van der Waals surface area (Å²) in [5, 5.41) is 22.0. The molecular weight excluding hydrogens is 393 g/mol. The lowest BCUT2D eigenvalue weighted by molar-refractivity contribution is -0.149. The molecule has 3 atom stereocenters. The van der Waals surface area contributed by atoms with Gasteiger partial charge in [-0.25, -0.2) is 9.18 Å². The molecule has 1 unspecified atom stereocenters. The number of carboxylic acids is 2. The van der Waals surface area contributed by atoms with E-state index in [-0.39, 0.29) is 18.1 Å². The molecule has 0 spiro atoms. The van der Waals surface area contributed by atoms with Crippen LogP contribution in [0.4, 0.5) is 4.39 Å². The molecule has 0 saturated carbocycles. The Hall–Kier alpha value is -2.52. The van der Waals surface area contributed by atoms with Crippen molar-refractivity contribution in [1.82, 2.24) is 10.2 Å². The summed E-state index contributed by atoms with van der Waals surface area (Å²) < 4.78 is 13.1. The van der Waals surface area contributed by atoms with E-state index in [2.05, 4.69) is 5.32 Å². The Kier molecular flexibility index (Phi) is 9.19. The number of aliphatic carboxylic acids is 2. The summed E-state index contributed by atoms with van der Waals surface area (Å²) >= 11 is 0. The molecular formula is C21H30FN3O5. The fourth-order valence-electron chi connectivity index (χ4n) is 3.74. The number of benzene rings is 1. The summed E-state index contributed by atoms with van der Waals surface area (Å²) in [4.78, 5) is 37.7. The van der Waals surface area contributed by atoms with E-state index >= 15 is 0 Å². The van der Waals surface area contributed by atoms with Crippen molar-refractivity contribution in [1.29, 1.82) is 0 Å². The van der Waals surface area contributed by atoms with Crippen molar-refractivity contribution in [3.63, 3.8) is 0 Å². The maximum atomic E-state index is 13.1. The number of nitrogens with zero attached hydrogens (tertiary/aromatic N) is 1. The van der Waals surface area contributed by atoms with E-state index in [0.29, 0.717) is 51.6 Å². The number of hydrogen-bond donors (Lipinski definition) is 4. The molecule has 8 nitrogen and oxygen atoms in total. The number of halogens is 1. The maximum Gasteiger partial charge on any atom is 0.326 e. The third-order valence-electron chi connectivity index (χ3n) is 5.40. The minimum Gasteiger partial charge on any atom is -0.480 e. The summed E-state index contributed by atoms with van der Waals surface area (Å²) in [5.74, 6) is -2.89. The molecule has 1 aromatic carbocycles. The van der Waals surface area contributed by atoms with Crippen LogP contribution in [0.1, 0.15) is 44.1 Å². The molecule has 30 heavy (non-hydrogen) atoms. The van der Waals surface area contributed by atoms with Crippen molar-refractivity contribution in [2.45, 2.75) is 63.1 Å². The lowest BCUT2D eigenvalue weighted by Gasteiger charge is -2.29. The number of aryl methyl sites for hydroxylation is 1. The molecule has 1 saturated heterocycles. The molecule has 0 aliphatic carbocycles. The molecule has 1 aromatic rings. The standard InChI is InChI=1S/C21H30FN3O5/c22-15-9-6-14(7-10-15)8-11-17(20(27)28)24-16(4-1-2-12-23)19(26)25-13-3-5-18(25)21(29)30/h6-7,9-10,16-18,24H,1-5,8,11-13,23H2,(H,27,28)(H,29,30)/t16-,17?,18-/m0/s1. The summed E-state index contributed by atoms with van der Waals surface area (Å²) in [6, 6.07) is 3.16. The molecule has 0 aromatic heterocycles. The number of unbranched alkanes of at least 4 members (excludes halogenated alkanes) is 1. The van der Waals surface area contributed by atoms with Gasteiger partial charge in [-0.15, -0.1) is 0 Å². The fraction of sp³-hybridized carbons (Fsp3) is 0.571. The van der Waals surface area contributed by atoms with Gasteiger partial charge in [0.15, 0.2) is 0 Å². The minimum absolute atomic E-state index is 0.212. The summed E-state index contributed by atoms with van der Waals surface area (Å²) in [7, 11) is 0. The first kappa shape index (κ1) is 23.8. The van der Waals surface area contributed by atoms with Crippen LogP contribution in [0.15, 0.2) is 24.3 Å². The van der Waals surface area contributed by atoms with Crippen LogP contribution in [-0.4, -0.2) is 64.2 Å². The predicted molar refractivity (Wildman–Crippen MR) is 108 cm³/mol. The van der Waals surface area contributed by atoms with Gasteiger partial charge in [0.2, 0.25) is 5.91 Å². The lowest BCUT2D eigenvalue weighted by Crippen LogP contribution is -2.54. The quantitative estimate of drug-likeness (QED) is 0.373. The van der Waals surface area contributed by atoms with Crippen molar-refractivity contribution in [2.24, 2.45) is 5.73 Å². The van der Waals surface area contributed by atoms with Gasteiger partial charge in [-0.1, -0.05) is 18.6 Å². The summed E-state index contributed by atoms with van der Waals surface area (Å²) in [6.45, 7) is 0.799. The number of carboxylic acid groups (broad SMARTS) is 2. The monoisotopic (exact) mass is 423 g/mol. The fourth-order valence-corrected chi connectivity index (χ4v) is 3.74. The highest BCUT2D eigenvalue weighted by Crippen LogP contribution is 2.20. The molecule has 1 fully saturated rings. The van der Waals surface area contributed by atoms with Gasteiger partial charge in [-0.3, -0.25) is 14.9 Å². The minimum atomic E-state index is -1.09. The van der Waals surface area contributed by atoms with E-state index in [4.69, 9.17) is 5.73 Å². The van der Waals surface area contributed by atoms with Crippen molar-refractivity contribution >= 4 is 17.8 Å². The normalized spacial score (nSPS) is 18.2. The van der Waals surface area contributed by atoms with E-state index in [1.807, 2.05) is 0 Å². The number of carbonyl (C=O) groups excluding carboxylic acids is 1. The first-order chi connectivity index (χ1) is 14.3. The SMILES string of the molecule is NCCCC[C@H](NC(CCc1ccc(F)cc1)C(=O)O)C(=O)N1CCC[C@H]1C(=O)O. The number of nitrogens with one attached hydrogen (secondary N) is 1. The van der Waals surface area contributed by atoms with Crippen LogP contribution in [0.2, 0.25) is 0 Å². The third-order valence-corrected chi connectivity index (χ3v) is 5.40. The molecule has 5 N–H and O–H groups in total. The van der Waals surface area contributed by atoms with E-state index in [9.17, 15) is 29.0 Å². The van der Waals surface area contributed by atoms with E-state index in [1.54, 1.807) is 12.1 Å². The van der Waals surface area contributed by atoms with Crippen molar-refractivity contribution in [2.75, 3.05) is 13.1 Å². The Labute approximate surface area is 175 Å². The van der Waals surface area contributed by atoms with Crippen LogP contribution in [-0.2, 0) is 20.8 Å². The van der Waals surface area contributed by atoms with Crippen LogP contribution in [0.25, 0.3) is 0 Å². The van der Waals surface area contributed by atoms with Gasteiger partial charge in [0.1, 0.15) is 17.9 Å². The second-order valence-electron chi connectivity index (χ2n) is 7.59. The van der Waals surface area contributed by atoms with Crippen molar-refractivity contribution in [3.8, 4) is 0 Å². The molecule has 1 aliphatic rings. The number of nitrogens with two attached hydrogens (primary N) is 1. The molecule has 0 radical (unpaired) electrons. The Bertz CT molecular complexity index is 728. The van der Waals surface area contributed by atoms with Crippen molar-refractivity contribution < 1.29 is 29.0 Å². The highest BCUT2D eigenvalue weighted by atomic mass is 19.1. The topological polar surface area (TPSA) is 133 Å². The van der Waals surface area contributed by atoms with Crippen LogP contribution < -0.4 is 11.1 Å². The number of rotatable bonds is 12. The zero-order valence-corrected chi connectivity index (χ0v) is 16.9. The van der Waals surface area contributed by atoms with Gasteiger partial charge in [-0.2, -0.15) is 0 Å². The van der Waals surface area contributed by atoms with Gasteiger partial charge in [0.25, 0.3) is 0 Å². The highest BCUT2D eigenvalue weighted by molar-refractivity contribution is 5.88. The van der Waals surface area contributed by atoms with Gasteiger partial charge < -0.3 is 20.8 Å². The largest absolute Gasteiger partial charge is 0.480 e.